The van der Waals surface area contributed by atoms with Crippen LogP contribution >= 0.6 is 12.2 Å². The van der Waals surface area contributed by atoms with E-state index in [1.54, 1.807) is 0 Å². The molecule has 0 aromatic heterocycles. The van der Waals surface area contributed by atoms with Crippen LogP contribution in [0.3, 0.4) is 0 Å². The van der Waals surface area contributed by atoms with Crippen LogP contribution in [0.15, 0.2) is 66.7 Å². The average Bonchev–Trinajstić information content (AvgIpc) is 2.69. The zero-order chi connectivity index (χ0) is 19.8. The lowest BCUT2D eigenvalue weighted by Crippen LogP contribution is -2.35. The average molecular weight is 393 g/mol. The molecule has 0 fully saturated rings. The zero-order valence-electron chi connectivity index (χ0n) is 15.9. The maximum atomic E-state index is 12.4. The Bertz CT molecular complexity index is 949. The molecule has 0 heterocycles. The van der Waals surface area contributed by atoms with Crippen LogP contribution in [0.2, 0.25) is 0 Å². The summed E-state index contributed by atoms with van der Waals surface area (Å²) in [6.45, 7) is 2.85. The Morgan fingerprint density at radius 3 is 2.54 bits per heavy atom. The fourth-order valence-electron chi connectivity index (χ4n) is 2.92. The summed E-state index contributed by atoms with van der Waals surface area (Å²) in [5.41, 5.74) is 1.78. The molecule has 3 aromatic rings. The van der Waals surface area contributed by atoms with E-state index in [2.05, 4.69) is 17.6 Å². The Morgan fingerprint density at radius 1 is 1.00 bits per heavy atom. The number of fused-ring (bicyclic) bond motifs is 1. The van der Waals surface area contributed by atoms with E-state index in [1.165, 1.54) is 0 Å². The Balaban J connectivity index is 1.53. The summed E-state index contributed by atoms with van der Waals surface area (Å²) in [4.78, 5) is 12.4. The van der Waals surface area contributed by atoms with Crippen LogP contribution in [0.1, 0.15) is 25.3 Å². The standard InChI is InChI=1S/C23H24N2O2S/c1-2-3-15-27-20-13-11-19(12-14-20)24-23(28)25-22(26)16-18-9-6-8-17-7-4-5-10-21(17)18/h4-14H,2-3,15-16H2,1H3,(H2,24,25,26,28). The first-order chi connectivity index (χ1) is 13.7. The number of anilines is 1. The lowest BCUT2D eigenvalue weighted by atomic mass is 10.0. The molecule has 1 amide bonds. The molecule has 28 heavy (non-hydrogen) atoms. The predicted molar refractivity (Wildman–Crippen MR) is 119 cm³/mol. The largest absolute Gasteiger partial charge is 0.494 e. The lowest BCUT2D eigenvalue weighted by molar-refractivity contribution is -0.119. The highest BCUT2D eigenvalue weighted by molar-refractivity contribution is 7.80. The van der Waals surface area contributed by atoms with E-state index in [9.17, 15) is 4.79 Å². The number of hydrogen-bond acceptors (Lipinski definition) is 3. The van der Waals surface area contributed by atoms with Crippen molar-refractivity contribution in [3.05, 3.63) is 72.3 Å². The smallest absolute Gasteiger partial charge is 0.230 e. The normalized spacial score (nSPS) is 10.5. The first-order valence-electron chi connectivity index (χ1n) is 9.46. The van der Waals surface area contributed by atoms with Crippen molar-refractivity contribution in [2.24, 2.45) is 0 Å². The second kappa shape index (κ2) is 9.85. The number of ether oxygens (including phenoxy) is 1. The Kier molecular flexibility index (Phi) is 6.98. The Morgan fingerprint density at radius 2 is 1.75 bits per heavy atom. The van der Waals surface area contributed by atoms with Crippen LogP contribution in [-0.4, -0.2) is 17.6 Å². The van der Waals surface area contributed by atoms with Gasteiger partial charge in [0.05, 0.1) is 13.0 Å². The summed E-state index contributed by atoms with van der Waals surface area (Å²) < 4.78 is 5.64. The van der Waals surface area contributed by atoms with Gasteiger partial charge in [-0.05, 0) is 59.2 Å². The lowest BCUT2D eigenvalue weighted by Gasteiger charge is -2.11. The molecule has 0 saturated carbocycles. The van der Waals surface area contributed by atoms with Crippen molar-refractivity contribution in [1.29, 1.82) is 0 Å². The van der Waals surface area contributed by atoms with Crippen molar-refractivity contribution >= 4 is 39.7 Å². The van der Waals surface area contributed by atoms with Crippen molar-refractivity contribution in [3.63, 3.8) is 0 Å². The van der Waals surface area contributed by atoms with E-state index in [-0.39, 0.29) is 17.4 Å². The quantitative estimate of drug-likeness (QED) is 0.435. The summed E-state index contributed by atoms with van der Waals surface area (Å²) in [5, 5.41) is 8.27. The number of thiocarbonyl (C=S) groups is 1. The van der Waals surface area contributed by atoms with E-state index < -0.39 is 0 Å². The van der Waals surface area contributed by atoms with Gasteiger partial charge in [0, 0.05) is 5.69 Å². The van der Waals surface area contributed by atoms with Gasteiger partial charge >= 0.3 is 0 Å². The van der Waals surface area contributed by atoms with Gasteiger partial charge in [0.15, 0.2) is 5.11 Å². The maximum Gasteiger partial charge on any atom is 0.230 e. The number of rotatable bonds is 7. The molecule has 3 rings (SSSR count). The van der Waals surface area contributed by atoms with Crippen LogP contribution in [0, 0.1) is 0 Å². The van der Waals surface area contributed by atoms with E-state index in [1.807, 2.05) is 66.7 Å². The second-order valence-electron chi connectivity index (χ2n) is 6.54. The molecule has 4 nitrogen and oxygen atoms in total. The third-order valence-corrected chi connectivity index (χ3v) is 4.57. The molecular formula is C23H24N2O2S. The molecule has 2 N–H and O–H groups in total. The molecule has 0 aliphatic rings. The molecule has 0 spiro atoms. The topological polar surface area (TPSA) is 50.4 Å². The molecule has 3 aromatic carbocycles. The highest BCUT2D eigenvalue weighted by Crippen LogP contribution is 2.19. The summed E-state index contributed by atoms with van der Waals surface area (Å²) in [5.74, 6) is 0.679. The van der Waals surface area contributed by atoms with Crippen molar-refractivity contribution in [2.75, 3.05) is 11.9 Å². The molecule has 0 aliphatic heterocycles. The summed E-state index contributed by atoms with van der Waals surface area (Å²) in [6, 6.07) is 21.5. The number of hydrogen-bond donors (Lipinski definition) is 2. The van der Waals surface area contributed by atoms with E-state index in [0.717, 1.165) is 40.6 Å². The summed E-state index contributed by atoms with van der Waals surface area (Å²) in [6.07, 6.45) is 2.41. The van der Waals surface area contributed by atoms with Crippen molar-refractivity contribution in [3.8, 4) is 5.75 Å². The summed E-state index contributed by atoms with van der Waals surface area (Å²) in [7, 11) is 0. The third kappa shape index (κ3) is 5.54. The van der Waals surface area contributed by atoms with Gasteiger partial charge in [-0.1, -0.05) is 55.8 Å². The van der Waals surface area contributed by atoms with Gasteiger partial charge in [0.1, 0.15) is 5.75 Å². The van der Waals surface area contributed by atoms with E-state index >= 15 is 0 Å². The number of unbranched alkanes of at least 4 members (excludes halogenated alkanes) is 1. The first kappa shape index (κ1) is 19.8. The van der Waals surface area contributed by atoms with Crippen LogP contribution in [0.5, 0.6) is 5.75 Å². The fourth-order valence-corrected chi connectivity index (χ4v) is 3.15. The van der Waals surface area contributed by atoms with E-state index in [0.29, 0.717) is 6.61 Å². The molecule has 0 radical (unpaired) electrons. The minimum atomic E-state index is -0.145. The third-order valence-electron chi connectivity index (χ3n) is 4.36. The van der Waals surface area contributed by atoms with Gasteiger partial charge in [-0.15, -0.1) is 0 Å². The Hall–Kier alpha value is -2.92. The van der Waals surface area contributed by atoms with Gasteiger partial charge in [-0.3, -0.25) is 4.79 Å². The number of carbonyl (C=O) groups is 1. The van der Waals surface area contributed by atoms with Crippen molar-refractivity contribution in [2.45, 2.75) is 26.2 Å². The molecule has 0 aliphatic carbocycles. The van der Waals surface area contributed by atoms with Gasteiger partial charge in [-0.25, -0.2) is 0 Å². The predicted octanol–water partition coefficient (Wildman–Crippen LogP) is 5.07. The highest BCUT2D eigenvalue weighted by atomic mass is 32.1. The zero-order valence-corrected chi connectivity index (χ0v) is 16.7. The molecular weight excluding hydrogens is 368 g/mol. The minimum absolute atomic E-state index is 0.145. The van der Waals surface area contributed by atoms with E-state index in [4.69, 9.17) is 17.0 Å². The number of benzene rings is 3. The Labute approximate surface area is 170 Å². The van der Waals surface area contributed by atoms with Gasteiger partial charge in [-0.2, -0.15) is 0 Å². The first-order valence-corrected chi connectivity index (χ1v) is 9.87. The number of nitrogens with one attached hydrogen (secondary N) is 2. The van der Waals surface area contributed by atoms with Gasteiger partial charge in [0.2, 0.25) is 5.91 Å². The van der Waals surface area contributed by atoms with Crippen molar-refractivity contribution in [1.82, 2.24) is 5.32 Å². The fraction of sp³-hybridized carbons (Fsp3) is 0.217. The van der Waals surface area contributed by atoms with Crippen LogP contribution < -0.4 is 15.4 Å². The van der Waals surface area contributed by atoms with Crippen LogP contribution in [0.25, 0.3) is 10.8 Å². The highest BCUT2D eigenvalue weighted by Gasteiger charge is 2.09. The minimum Gasteiger partial charge on any atom is -0.494 e. The molecule has 0 bridgehead atoms. The number of carbonyl (C=O) groups excluding carboxylic acids is 1. The molecule has 0 unspecified atom stereocenters. The van der Waals surface area contributed by atoms with Crippen LogP contribution in [0.4, 0.5) is 5.69 Å². The van der Waals surface area contributed by atoms with Gasteiger partial charge < -0.3 is 15.4 Å². The van der Waals surface area contributed by atoms with Crippen molar-refractivity contribution < 1.29 is 9.53 Å². The monoisotopic (exact) mass is 392 g/mol. The van der Waals surface area contributed by atoms with Crippen LogP contribution in [-0.2, 0) is 11.2 Å². The number of amides is 1. The van der Waals surface area contributed by atoms with Gasteiger partial charge in [0.25, 0.3) is 0 Å². The molecule has 144 valence electrons. The molecule has 5 heteroatoms. The maximum absolute atomic E-state index is 12.4. The second-order valence-corrected chi connectivity index (χ2v) is 6.95. The molecule has 0 atom stereocenters. The summed E-state index contributed by atoms with van der Waals surface area (Å²) >= 11 is 5.27. The SMILES string of the molecule is CCCCOc1ccc(NC(=S)NC(=O)Cc2cccc3ccccc23)cc1. The molecule has 0 saturated heterocycles.